The molecule has 1 unspecified atom stereocenters. The van der Waals surface area contributed by atoms with Crippen molar-refractivity contribution in [2.45, 2.75) is 18.9 Å². The highest BCUT2D eigenvalue weighted by Gasteiger charge is 2.24. The molecule has 7 heteroatoms. The van der Waals surface area contributed by atoms with Crippen LogP contribution in [0.2, 0.25) is 0 Å². The number of hydrogen-bond donors (Lipinski definition) is 3. The number of nitrogens with one attached hydrogen (secondary N) is 2. The number of hydrogen-bond acceptors (Lipinski definition) is 3. The Morgan fingerprint density at radius 2 is 2.21 bits per heavy atom. The van der Waals surface area contributed by atoms with E-state index in [1.54, 1.807) is 18.2 Å². The van der Waals surface area contributed by atoms with E-state index >= 15 is 0 Å². The Morgan fingerprint density at radius 1 is 1.47 bits per heavy atom. The van der Waals surface area contributed by atoms with Crippen LogP contribution < -0.4 is 16.4 Å². The Morgan fingerprint density at radius 3 is 2.84 bits per heavy atom. The van der Waals surface area contributed by atoms with Crippen molar-refractivity contribution in [3.8, 4) is 0 Å². The third kappa shape index (κ3) is 3.84. The molecule has 0 spiro atoms. The monoisotopic (exact) mass is 347 g/mol. The Hall–Kier alpha value is -1.27. The van der Waals surface area contributed by atoms with Crippen LogP contribution in [0.15, 0.2) is 22.7 Å². The second-order valence-electron chi connectivity index (χ2n) is 4.19. The van der Waals surface area contributed by atoms with Gasteiger partial charge >= 0.3 is 0 Å². The van der Waals surface area contributed by atoms with Crippen LogP contribution in [0.1, 0.15) is 23.2 Å². The molecule has 5 nitrogen and oxygen atoms in total. The molecule has 1 heterocycles. The summed E-state index contributed by atoms with van der Waals surface area (Å²) in [4.78, 5) is 23.5. The van der Waals surface area contributed by atoms with Crippen molar-refractivity contribution < 1.29 is 9.59 Å². The first-order chi connectivity index (χ1) is 8.58. The summed E-state index contributed by atoms with van der Waals surface area (Å²) in [5.74, 6) is -0.452. The van der Waals surface area contributed by atoms with Crippen molar-refractivity contribution in [2.24, 2.45) is 0 Å². The van der Waals surface area contributed by atoms with Gasteiger partial charge in [-0.2, -0.15) is 0 Å². The van der Waals surface area contributed by atoms with Gasteiger partial charge in [0.05, 0.1) is 5.56 Å². The summed E-state index contributed by atoms with van der Waals surface area (Å²) >= 11 is 3.28. The van der Waals surface area contributed by atoms with Gasteiger partial charge in [0.15, 0.2) is 0 Å². The van der Waals surface area contributed by atoms with Gasteiger partial charge in [-0.25, -0.2) is 0 Å². The number of piperidine rings is 1. The molecule has 2 amide bonds. The van der Waals surface area contributed by atoms with E-state index in [9.17, 15) is 9.59 Å². The van der Waals surface area contributed by atoms with Gasteiger partial charge in [-0.05, 0) is 31.0 Å². The van der Waals surface area contributed by atoms with Gasteiger partial charge in [-0.1, -0.05) is 15.9 Å². The minimum Gasteiger partial charge on any atom is -0.398 e. The molecular formula is C12H15BrClN3O2. The third-order valence-electron chi connectivity index (χ3n) is 2.85. The summed E-state index contributed by atoms with van der Waals surface area (Å²) in [6, 6.07) is 4.58. The van der Waals surface area contributed by atoms with Gasteiger partial charge in [0.25, 0.3) is 5.91 Å². The first-order valence-corrected chi connectivity index (χ1v) is 6.51. The molecule has 1 saturated heterocycles. The molecule has 4 N–H and O–H groups in total. The van der Waals surface area contributed by atoms with Crippen LogP contribution in [0.25, 0.3) is 0 Å². The second kappa shape index (κ2) is 6.77. The minimum absolute atomic E-state index is 0. The average molecular weight is 349 g/mol. The quantitative estimate of drug-likeness (QED) is 0.708. The largest absolute Gasteiger partial charge is 0.398 e. The van der Waals surface area contributed by atoms with E-state index in [-0.39, 0.29) is 24.2 Å². The molecule has 1 fully saturated rings. The predicted molar refractivity (Wildman–Crippen MR) is 79.3 cm³/mol. The first-order valence-electron chi connectivity index (χ1n) is 5.71. The van der Waals surface area contributed by atoms with Crippen molar-refractivity contribution in [3.63, 3.8) is 0 Å². The van der Waals surface area contributed by atoms with Crippen LogP contribution in [0.4, 0.5) is 5.69 Å². The fraction of sp³-hybridized carbons (Fsp3) is 0.333. The molecule has 1 aromatic carbocycles. The summed E-state index contributed by atoms with van der Waals surface area (Å²) in [7, 11) is 0. The van der Waals surface area contributed by atoms with Crippen LogP contribution >= 0.6 is 28.3 Å². The van der Waals surface area contributed by atoms with Crippen molar-refractivity contribution in [3.05, 3.63) is 28.2 Å². The summed E-state index contributed by atoms with van der Waals surface area (Å²) in [6.07, 6.45) is 1.53. The highest BCUT2D eigenvalue weighted by atomic mass is 79.9. The fourth-order valence-corrected chi connectivity index (χ4v) is 2.26. The molecule has 1 atom stereocenters. The van der Waals surface area contributed by atoms with Gasteiger partial charge < -0.3 is 16.4 Å². The van der Waals surface area contributed by atoms with Crippen LogP contribution in [-0.4, -0.2) is 24.4 Å². The molecule has 19 heavy (non-hydrogen) atoms. The molecule has 1 aliphatic heterocycles. The lowest BCUT2D eigenvalue weighted by atomic mass is 10.1. The SMILES string of the molecule is Cl.Nc1cc(Br)ccc1C(=O)NC1CCCNC1=O. The highest BCUT2D eigenvalue weighted by Crippen LogP contribution is 2.18. The second-order valence-corrected chi connectivity index (χ2v) is 5.11. The molecule has 104 valence electrons. The van der Waals surface area contributed by atoms with Crippen LogP contribution in [0, 0.1) is 0 Å². The Bertz CT molecular complexity index is 496. The maximum Gasteiger partial charge on any atom is 0.254 e. The summed E-state index contributed by atoms with van der Waals surface area (Å²) in [5.41, 5.74) is 6.54. The molecule has 2 rings (SSSR count). The van der Waals surface area contributed by atoms with Gasteiger partial charge in [0.1, 0.15) is 6.04 Å². The van der Waals surface area contributed by atoms with E-state index in [4.69, 9.17) is 5.73 Å². The van der Waals surface area contributed by atoms with Crippen molar-refractivity contribution >= 4 is 45.8 Å². The lowest BCUT2D eigenvalue weighted by Gasteiger charge is -2.23. The Kier molecular flexibility index (Phi) is 5.62. The van der Waals surface area contributed by atoms with Gasteiger partial charge in [-0.15, -0.1) is 12.4 Å². The zero-order valence-corrected chi connectivity index (χ0v) is 12.5. The maximum atomic E-state index is 12.0. The van der Waals surface area contributed by atoms with Crippen LogP contribution in [0.5, 0.6) is 0 Å². The molecule has 0 saturated carbocycles. The maximum absolute atomic E-state index is 12.0. The van der Waals surface area contributed by atoms with E-state index < -0.39 is 6.04 Å². The molecular weight excluding hydrogens is 334 g/mol. The predicted octanol–water partition coefficient (Wildman–Crippen LogP) is 1.46. The number of amides is 2. The molecule has 0 radical (unpaired) electrons. The highest BCUT2D eigenvalue weighted by molar-refractivity contribution is 9.10. The molecule has 0 aromatic heterocycles. The van der Waals surface area contributed by atoms with Gasteiger partial charge in [0.2, 0.25) is 5.91 Å². The minimum atomic E-state index is -0.464. The third-order valence-corrected chi connectivity index (χ3v) is 3.34. The molecule has 1 aromatic rings. The fourth-order valence-electron chi connectivity index (χ4n) is 1.89. The van der Waals surface area contributed by atoms with Crippen LogP contribution in [0.3, 0.4) is 0 Å². The number of halogens is 2. The number of carbonyl (C=O) groups excluding carboxylic acids is 2. The number of nitrogen functional groups attached to an aromatic ring is 1. The van der Waals surface area contributed by atoms with E-state index in [1.807, 2.05) is 0 Å². The van der Waals surface area contributed by atoms with Gasteiger partial charge in [-0.3, -0.25) is 9.59 Å². The summed E-state index contributed by atoms with van der Waals surface area (Å²) < 4.78 is 0.812. The van der Waals surface area contributed by atoms with Crippen molar-refractivity contribution in [1.82, 2.24) is 10.6 Å². The van der Waals surface area contributed by atoms with E-state index in [1.165, 1.54) is 0 Å². The number of benzene rings is 1. The molecule has 0 aliphatic carbocycles. The number of carbonyl (C=O) groups is 2. The summed E-state index contributed by atoms with van der Waals surface area (Å²) in [6.45, 7) is 0.672. The number of anilines is 1. The number of nitrogens with two attached hydrogens (primary N) is 1. The number of rotatable bonds is 2. The van der Waals surface area contributed by atoms with E-state index in [0.717, 1.165) is 10.9 Å². The Balaban J connectivity index is 0.00000180. The molecule has 0 bridgehead atoms. The smallest absolute Gasteiger partial charge is 0.254 e. The zero-order valence-electron chi connectivity index (χ0n) is 10.1. The first kappa shape index (κ1) is 15.8. The average Bonchev–Trinajstić information content (AvgIpc) is 2.32. The Labute approximate surface area is 125 Å². The normalized spacial score (nSPS) is 18.2. The van der Waals surface area contributed by atoms with Gasteiger partial charge in [0, 0.05) is 16.7 Å². The summed E-state index contributed by atoms with van der Waals surface area (Å²) in [5, 5.41) is 5.42. The van der Waals surface area contributed by atoms with E-state index in [0.29, 0.717) is 24.2 Å². The van der Waals surface area contributed by atoms with E-state index in [2.05, 4.69) is 26.6 Å². The van der Waals surface area contributed by atoms with Crippen LogP contribution in [-0.2, 0) is 4.79 Å². The van der Waals surface area contributed by atoms with Crippen molar-refractivity contribution in [2.75, 3.05) is 12.3 Å². The standard InChI is InChI=1S/C12H14BrN3O2.ClH/c13-7-3-4-8(9(14)6-7)11(17)16-10-2-1-5-15-12(10)18;/h3-4,6,10H,1-2,5,14H2,(H,15,18)(H,16,17);1H. The lowest BCUT2D eigenvalue weighted by molar-refractivity contribution is -0.124. The van der Waals surface area contributed by atoms with Crippen molar-refractivity contribution in [1.29, 1.82) is 0 Å². The topological polar surface area (TPSA) is 84.2 Å². The lowest BCUT2D eigenvalue weighted by Crippen LogP contribution is -2.50. The molecule has 1 aliphatic rings. The zero-order chi connectivity index (χ0) is 13.1.